The maximum absolute atomic E-state index is 13.3. The summed E-state index contributed by atoms with van der Waals surface area (Å²) in [6.07, 6.45) is 4.84. The van der Waals surface area contributed by atoms with Crippen molar-refractivity contribution in [2.75, 3.05) is 7.11 Å². The van der Waals surface area contributed by atoms with Gasteiger partial charge in [-0.1, -0.05) is 29.3 Å². The molecular weight excluding hydrogens is 465 g/mol. The van der Waals surface area contributed by atoms with Crippen LogP contribution in [-0.4, -0.2) is 37.6 Å². The highest BCUT2D eigenvalue weighted by Gasteiger charge is 2.24. The minimum absolute atomic E-state index is 0.0632. The average Bonchev–Trinajstić information content (AvgIpc) is 3.46. The lowest BCUT2D eigenvalue weighted by Gasteiger charge is -2.08. The summed E-state index contributed by atoms with van der Waals surface area (Å²) in [6, 6.07) is 12.5. The van der Waals surface area contributed by atoms with E-state index in [2.05, 4.69) is 20.2 Å². The number of ether oxygens (including phenoxy) is 1. The van der Waals surface area contributed by atoms with E-state index >= 15 is 0 Å². The van der Waals surface area contributed by atoms with Crippen molar-refractivity contribution >= 4 is 39.9 Å². The second-order valence-corrected chi connectivity index (χ2v) is 7.95. The number of ketones is 1. The third-order valence-electron chi connectivity index (χ3n) is 5.06. The number of carbonyl (C=O) groups is 1. The van der Waals surface area contributed by atoms with Crippen LogP contribution >= 0.6 is 23.2 Å². The van der Waals surface area contributed by atoms with Crippen molar-refractivity contribution in [3.8, 4) is 17.5 Å². The van der Waals surface area contributed by atoms with Crippen LogP contribution in [0.2, 0.25) is 10.0 Å². The van der Waals surface area contributed by atoms with E-state index in [1.165, 1.54) is 0 Å². The van der Waals surface area contributed by atoms with E-state index in [1.807, 2.05) is 22.8 Å². The van der Waals surface area contributed by atoms with Crippen molar-refractivity contribution in [1.29, 1.82) is 0 Å². The van der Waals surface area contributed by atoms with Gasteiger partial charge in [0.2, 0.25) is 5.82 Å². The maximum atomic E-state index is 13.3. The first-order valence-corrected chi connectivity index (χ1v) is 10.6. The monoisotopic (exact) mass is 479 g/mol. The SMILES string of the molecule is COc1ccc2c(c1)c(C(=O)c1nnc(-c3ncccn3)o1)cn2Cc1ccc(Cl)cc1Cl. The molecule has 5 aromatic rings. The van der Waals surface area contributed by atoms with Crippen LogP contribution in [0.1, 0.15) is 21.8 Å². The van der Waals surface area contributed by atoms with E-state index < -0.39 is 5.78 Å². The predicted molar refractivity (Wildman–Crippen MR) is 123 cm³/mol. The number of halogens is 2. The van der Waals surface area contributed by atoms with Gasteiger partial charge in [-0.15, -0.1) is 10.2 Å². The van der Waals surface area contributed by atoms with Crippen LogP contribution in [0.25, 0.3) is 22.6 Å². The fraction of sp³-hybridized carbons (Fsp3) is 0.0870. The molecule has 3 heterocycles. The van der Waals surface area contributed by atoms with Gasteiger partial charge in [0, 0.05) is 46.1 Å². The first-order chi connectivity index (χ1) is 16.0. The third kappa shape index (κ3) is 4.06. The van der Waals surface area contributed by atoms with E-state index in [9.17, 15) is 4.79 Å². The van der Waals surface area contributed by atoms with Gasteiger partial charge in [-0.25, -0.2) is 9.97 Å². The van der Waals surface area contributed by atoms with Gasteiger partial charge in [0.05, 0.1) is 12.7 Å². The topological polar surface area (TPSA) is 95.9 Å². The molecule has 0 aliphatic heterocycles. The number of carbonyl (C=O) groups excluding carboxylic acids is 1. The summed E-state index contributed by atoms with van der Waals surface area (Å²) in [7, 11) is 1.57. The van der Waals surface area contributed by atoms with Crippen LogP contribution in [0.3, 0.4) is 0 Å². The number of hydrogen-bond acceptors (Lipinski definition) is 7. The van der Waals surface area contributed by atoms with Gasteiger partial charge < -0.3 is 13.7 Å². The first kappa shape index (κ1) is 21.1. The molecule has 0 spiro atoms. The quantitative estimate of drug-likeness (QED) is 0.313. The van der Waals surface area contributed by atoms with Gasteiger partial charge in [-0.3, -0.25) is 4.79 Å². The molecule has 5 rings (SSSR count). The molecule has 0 unspecified atom stereocenters. The molecule has 0 bridgehead atoms. The molecule has 0 aliphatic rings. The molecule has 0 fully saturated rings. The Balaban J connectivity index is 1.57. The largest absolute Gasteiger partial charge is 0.497 e. The number of aromatic nitrogens is 5. The molecule has 0 amide bonds. The van der Waals surface area contributed by atoms with Crippen LogP contribution < -0.4 is 4.74 Å². The van der Waals surface area contributed by atoms with Gasteiger partial charge in [0.1, 0.15) is 5.75 Å². The first-order valence-electron chi connectivity index (χ1n) is 9.80. The molecule has 0 aliphatic carbocycles. The zero-order chi connectivity index (χ0) is 22.9. The fourth-order valence-corrected chi connectivity index (χ4v) is 3.95. The minimum Gasteiger partial charge on any atom is -0.497 e. The lowest BCUT2D eigenvalue weighted by atomic mass is 10.1. The molecule has 164 valence electrons. The Morgan fingerprint density at radius 1 is 1.09 bits per heavy atom. The van der Waals surface area contributed by atoms with Crippen molar-refractivity contribution < 1.29 is 13.9 Å². The van der Waals surface area contributed by atoms with Gasteiger partial charge in [0.25, 0.3) is 17.6 Å². The lowest BCUT2D eigenvalue weighted by Crippen LogP contribution is -2.02. The van der Waals surface area contributed by atoms with Gasteiger partial charge in [0.15, 0.2) is 0 Å². The molecule has 10 heteroatoms. The van der Waals surface area contributed by atoms with Crippen LogP contribution in [0.15, 0.2) is 65.5 Å². The summed E-state index contributed by atoms with van der Waals surface area (Å²) < 4.78 is 12.9. The number of nitrogens with zero attached hydrogens (tertiary/aromatic N) is 5. The second kappa shape index (κ2) is 8.65. The average molecular weight is 480 g/mol. The predicted octanol–water partition coefficient (Wildman–Crippen LogP) is 5.08. The van der Waals surface area contributed by atoms with E-state index in [4.69, 9.17) is 32.4 Å². The normalized spacial score (nSPS) is 11.1. The van der Waals surface area contributed by atoms with Gasteiger partial charge in [-0.05, 0) is 42.0 Å². The molecule has 2 aromatic carbocycles. The van der Waals surface area contributed by atoms with E-state index in [0.29, 0.717) is 33.3 Å². The molecule has 0 atom stereocenters. The standard InChI is InChI=1S/C23H15Cl2N5O3/c1-32-15-5-6-19-16(10-15)17(12-30(19)11-13-3-4-14(24)9-18(13)25)20(31)22-28-29-23(33-22)21-26-7-2-8-27-21/h2-10,12H,11H2,1H3. The van der Waals surface area contributed by atoms with Crippen molar-refractivity contribution in [2.24, 2.45) is 0 Å². The Bertz CT molecular complexity index is 1480. The number of hydrogen-bond donors (Lipinski definition) is 0. The minimum atomic E-state index is -0.427. The number of benzene rings is 2. The zero-order valence-electron chi connectivity index (χ0n) is 17.2. The molecule has 0 saturated carbocycles. The summed E-state index contributed by atoms with van der Waals surface area (Å²) in [5.74, 6) is 0.328. The van der Waals surface area contributed by atoms with Crippen molar-refractivity contribution in [3.63, 3.8) is 0 Å². The summed E-state index contributed by atoms with van der Waals surface area (Å²) >= 11 is 12.4. The Labute approximate surface area is 197 Å². The van der Waals surface area contributed by atoms with Crippen molar-refractivity contribution in [3.05, 3.63) is 88.1 Å². The second-order valence-electron chi connectivity index (χ2n) is 7.10. The van der Waals surface area contributed by atoms with Crippen LogP contribution in [-0.2, 0) is 6.54 Å². The fourth-order valence-electron chi connectivity index (χ4n) is 3.48. The molecule has 0 N–H and O–H groups in total. The smallest absolute Gasteiger partial charge is 0.289 e. The lowest BCUT2D eigenvalue weighted by molar-refractivity contribution is 0.100. The Morgan fingerprint density at radius 2 is 1.91 bits per heavy atom. The van der Waals surface area contributed by atoms with Crippen LogP contribution in [0.5, 0.6) is 5.75 Å². The molecule has 0 saturated heterocycles. The molecule has 33 heavy (non-hydrogen) atoms. The van der Waals surface area contributed by atoms with E-state index in [0.717, 1.165) is 11.1 Å². The van der Waals surface area contributed by atoms with Crippen molar-refractivity contribution in [2.45, 2.75) is 6.54 Å². The highest BCUT2D eigenvalue weighted by atomic mass is 35.5. The Hall–Kier alpha value is -3.75. The Morgan fingerprint density at radius 3 is 2.67 bits per heavy atom. The summed E-state index contributed by atoms with van der Waals surface area (Å²) in [5.41, 5.74) is 2.06. The van der Waals surface area contributed by atoms with Gasteiger partial charge >= 0.3 is 0 Å². The highest BCUT2D eigenvalue weighted by molar-refractivity contribution is 6.35. The van der Waals surface area contributed by atoms with E-state index in [1.54, 1.807) is 50.0 Å². The summed E-state index contributed by atoms with van der Waals surface area (Å²) in [5, 5.41) is 9.60. The molecular formula is C23H15Cl2N5O3. The number of fused-ring (bicyclic) bond motifs is 1. The van der Waals surface area contributed by atoms with Crippen LogP contribution in [0, 0.1) is 0 Å². The molecule has 3 aromatic heterocycles. The molecule has 8 nitrogen and oxygen atoms in total. The summed E-state index contributed by atoms with van der Waals surface area (Å²) in [6.45, 7) is 0.430. The number of methoxy groups -OCH3 is 1. The highest BCUT2D eigenvalue weighted by Crippen LogP contribution is 2.30. The third-order valence-corrected chi connectivity index (χ3v) is 5.65. The number of rotatable bonds is 6. The zero-order valence-corrected chi connectivity index (χ0v) is 18.7. The Kier molecular flexibility index (Phi) is 5.53. The summed E-state index contributed by atoms with van der Waals surface area (Å²) in [4.78, 5) is 21.5. The van der Waals surface area contributed by atoms with Gasteiger partial charge in [-0.2, -0.15) is 0 Å². The van der Waals surface area contributed by atoms with E-state index in [-0.39, 0.29) is 17.6 Å². The van der Waals surface area contributed by atoms with Crippen LogP contribution in [0.4, 0.5) is 0 Å². The van der Waals surface area contributed by atoms with Crippen molar-refractivity contribution in [1.82, 2.24) is 24.7 Å². The maximum Gasteiger partial charge on any atom is 0.289 e. The molecule has 0 radical (unpaired) electrons.